The zero-order chi connectivity index (χ0) is 23.8. The molecule has 0 unspecified atom stereocenters. The van der Waals surface area contributed by atoms with E-state index in [1.54, 1.807) is 43.5 Å². The Hall–Kier alpha value is -3.14. The number of H-pyrrole nitrogens is 1. The molecule has 6 nitrogen and oxygen atoms in total. The maximum atomic E-state index is 15.2. The number of hydrogen-bond acceptors (Lipinski definition) is 4. The van der Waals surface area contributed by atoms with Gasteiger partial charge in [0.05, 0.1) is 5.56 Å². The Morgan fingerprint density at radius 2 is 1.85 bits per heavy atom. The molecule has 0 spiro atoms. The molecule has 0 aliphatic carbocycles. The summed E-state index contributed by atoms with van der Waals surface area (Å²) in [6, 6.07) is 10.2. The van der Waals surface area contributed by atoms with E-state index in [0.717, 1.165) is 17.7 Å². The first-order chi connectivity index (χ1) is 15.7. The number of halogens is 3. The number of sulfonamides is 1. The lowest BCUT2D eigenvalue weighted by Crippen LogP contribution is -2.26. The number of rotatable bonds is 7. The Morgan fingerprint density at radius 3 is 2.55 bits per heavy atom. The Labute approximate surface area is 193 Å². The van der Waals surface area contributed by atoms with Crippen LogP contribution in [0.3, 0.4) is 0 Å². The highest BCUT2D eigenvalue weighted by molar-refractivity contribution is 7.89. The SMILES string of the molecule is CCCNS(=O)(=O)c1ccc(F)c(C(=O)c2c[nH]c3ncc(-c4ccc(Cl)cc4)cc23)c1F. The predicted octanol–water partition coefficient (Wildman–Crippen LogP) is 5.08. The molecule has 0 aliphatic heterocycles. The number of nitrogens with zero attached hydrogens (tertiary/aromatic N) is 1. The average molecular weight is 490 g/mol. The van der Waals surface area contributed by atoms with Crippen LogP contribution in [-0.2, 0) is 10.0 Å². The number of benzene rings is 2. The van der Waals surface area contributed by atoms with Crippen molar-refractivity contribution in [2.45, 2.75) is 18.2 Å². The fourth-order valence-electron chi connectivity index (χ4n) is 3.39. The summed E-state index contributed by atoms with van der Waals surface area (Å²) in [5.74, 6) is -3.61. The van der Waals surface area contributed by atoms with Gasteiger partial charge in [0.25, 0.3) is 0 Å². The normalized spacial score (nSPS) is 11.8. The van der Waals surface area contributed by atoms with Crippen LogP contribution in [0.1, 0.15) is 29.3 Å². The van der Waals surface area contributed by atoms with E-state index in [2.05, 4.69) is 14.7 Å². The smallest absolute Gasteiger partial charge is 0.243 e. The standard InChI is InChI=1S/C23H18ClF2N3O3S/c1-2-9-29-33(31,32)19-8-7-18(25)20(21(19)26)22(30)17-12-28-23-16(17)10-14(11-27-23)13-3-5-15(24)6-4-13/h3-8,10-12,29H,2,9H2,1H3,(H,27,28). The van der Waals surface area contributed by atoms with Gasteiger partial charge in [0.2, 0.25) is 15.8 Å². The molecule has 0 radical (unpaired) electrons. The van der Waals surface area contributed by atoms with Crippen molar-refractivity contribution in [3.63, 3.8) is 0 Å². The summed E-state index contributed by atoms with van der Waals surface area (Å²) in [5.41, 5.74) is 0.786. The summed E-state index contributed by atoms with van der Waals surface area (Å²) in [6.07, 6.45) is 3.36. The topological polar surface area (TPSA) is 91.9 Å². The minimum atomic E-state index is -4.26. The van der Waals surface area contributed by atoms with Gasteiger partial charge in [0.15, 0.2) is 5.82 Å². The Balaban J connectivity index is 1.81. The number of carbonyl (C=O) groups is 1. The van der Waals surface area contributed by atoms with E-state index < -0.39 is 37.9 Å². The lowest BCUT2D eigenvalue weighted by molar-refractivity contribution is 0.103. The highest BCUT2D eigenvalue weighted by Gasteiger charge is 2.28. The van der Waals surface area contributed by atoms with Crippen LogP contribution in [0.5, 0.6) is 0 Å². The van der Waals surface area contributed by atoms with E-state index in [0.29, 0.717) is 28.0 Å². The van der Waals surface area contributed by atoms with Gasteiger partial charge >= 0.3 is 0 Å². The van der Waals surface area contributed by atoms with E-state index >= 15 is 4.39 Å². The van der Waals surface area contributed by atoms with E-state index in [4.69, 9.17) is 11.6 Å². The summed E-state index contributed by atoms with van der Waals surface area (Å²) in [7, 11) is -4.26. The van der Waals surface area contributed by atoms with Crippen molar-refractivity contribution in [2.75, 3.05) is 6.54 Å². The monoisotopic (exact) mass is 489 g/mol. The van der Waals surface area contributed by atoms with Crippen molar-refractivity contribution < 1.29 is 22.0 Å². The molecular formula is C23H18ClF2N3O3S. The molecule has 0 fully saturated rings. The van der Waals surface area contributed by atoms with Gasteiger partial charge in [-0.25, -0.2) is 26.9 Å². The van der Waals surface area contributed by atoms with Crippen LogP contribution in [0.15, 0.2) is 59.8 Å². The van der Waals surface area contributed by atoms with Crippen LogP contribution in [0.2, 0.25) is 5.02 Å². The van der Waals surface area contributed by atoms with Gasteiger partial charge < -0.3 is 4.98 Å². The Morgan fingerprint density at radius 1 is 1.12 bits per heavy atom. The summed E-state index contributed by atoms with van der Waals surface area (Å²) in [5, 5.41) is 0.892. The molecule has 0 bridgehead atoms. The van der Waals surface area contributed by atoms with Crippen LogP contribution in [0.25, 0.3) is 22.2 Å². The zero-order valence-electron chi connectivity index (χ0n) is 17.3. The summed E-state index contributed by atoms with van der Waals surface area (Å²) >= 11 is 5.93. The maximum absolute atomic E-state index is 15.2. The largest absolute Gasteiger partial charge is 0.345 e. The van der Waals surface area contributed by atoms with E-state index in [1.165, 1.54) is 6.20 Å². The molecule has 0 aliphatic rings. The number of hydrogen-bond donors (Lipinski definition) is 2. The first kappa shape index (κ1) is 23.0. The second-order valence-electron chi connectivity index (χ2n) is 7.29. The van der Waals surface area contributed by atoms with Crippen molar-refractivity contribution in [1.82, 2.24) is 14.7 Å². The molecule has 10 heteroatoms. The Bertz CT molecular complexity index is 1470. The van der Waals surface area contributed by atoms with E-state index in [1.807, 2.05) is 0 Å². The van der Waals surface area contributed by atoms with Gasteiger partial charge in [-0.15, -0.1) is 0 Å². The van der Waals surface area contributed by atoms with Crippen molar-refractivity contribution in [3.05, 3.63) is 82.6 Å². The number of nitrogens with one attached hydrogen (secondary N) is 2. The van der Waals surface area contributed by atoms with Gasteiger partial charge in [-0.3, -0.25) is 4.79 Å². The minimum Gasteiger partial charge on any atom is -0.345 e. The van der Waals surface area contributed by atoms with Gasteiger partial charge in [-0.2, -0.15) is 0 Å². The van der Waals surface area contributed by atoms with Gasteiger partial charge in [0, 0.05) is 40.5 Å². The van der Waals surface area contributed by atoms with Crippen molar-refractivity contribution in [1.29, 1.82) is 0 Å². The van der Waals surface area contributed by atoms with Crippen LogP contribution < -0.4 is 4.72 Å². The van der Waals surface area contributed by atoms with Crippen molar-refractivity contribution in [3.8, 4) is 11.1 Å². The van der Waals surface area contributed by atoms with Crippen LogP contribution >= 0.6 is 11.6 Å². The average Bonchev–Trinajstić information content (AvgIpc) is 3.21. The number of aromatic amines is 1. The predicted molar refractivity (Wildman–Crippen MR) is 122 cm³/mol. The van der Waals surface area contributed by atoms with E-state index in [-0.39, 0.29) is 12.1 Å². The van der Waals surface area contributed by atoms with Gasteiger partial charge in [-0.1, -0.05) is 30.7 Å². The van der Waals surface area contributed by atoms with Crippen molar-refractivity contribution in [2.24, 2.45) is 0 Å². The molecule has 0 saturated heterocycles. The summed E-state index contributed by atoms with van der Waals surface area (Å²) in [4.78, 5) is 19.5. The molecule has 2 heterocycles. The minimum absolute atomic E-state index is 0.0396. The molecule has 4 aromatic rings. The molecule has 2 aromatic carbocycles. The third-order valence-electron chi connectivity index (χ3n) is 5.07. The van der Waals surface area contributed by atoms with Crippen LogP contribution in [0, 0.1) is 11.6 Å². The lowest BCUT2D eigenvalue weighted by Gasteiger charge is -2.10. The van der Waals surface area contributed by atoms with Crippen molar-refractivity contribution >= 4 is 38.4 Å². The number of pyridine rings is 1. The second kappa shape index (κ2) is 9.01. The lowest BCUT2D eigenvalue weighted by atomic mass is 10.0. The van der Waals surface area contributed by atoms with Crippen LogP contribution in [0.4, 0.5) is 8.78 Å². The third-order valence-corrected chi connectivity index (χ3v) is 6.80. The number of fused-ring (bicyclic) bond motifs is 1. The number of carbonyl (C=O) groups excluding carboxylic acids is 1. The highest BCUT2D eigenvalue weighted by atomic mass is 35.5. The maximum Gasteiger partial charge on any atom is 0.243 e. The summed E-state index contributed by atoms with van der Waals surface area (Å²) < 4.78 is 56.8. The Kier molecular flexibility index (Phi) is 6.29. The molecule has 0 saturated carbocycles. The molecule has 2 N–H and O–H groups in total. The second-order valence-corrected chi connectivity index (χ2v) is 9.46. The molecule has 0 atom stereocenters. The highest BCUT2D eigenvalue weighted by Crippen LogP contribution is 2.29. The number of aromatic nitrogens is 2. The third kappa shape index (κ3) is 4.39. The fourth-order valence-corrected chi connectivity index (χ4v) is 4.73. The first-order valence-corrected chi connectivity index (χ1v) is 11.8. The molecule has 4 rings (SSSR count). The molecule has 2 aromatic heterocycles. The first-order valence-electron chi connectivity index (χ1n) is 9.98. The quantitative estimate of drug-likeness (QED) is 0.354. The van der Waals surface area contributed by atoms with Crippen LogP contribution in [-0.4, -0.2) is 30.7 Å². The zero-order valence-corrected chi connectivity index (χ0v) is 18.9. The van der Waals surface area contributed by atoms with Gasteiger partial charge in [0.1, 0.15) is 16.4 Å². The number of ketones is 1. The van der Waals surface area contributed by atoms with Gasteiger partial charge in [-0.05, 0) is 42.3 Å². The molecule has 0 amide bonds. The molecular weight excluding hydrogens is 472 g/mol. The molecule has 170 valence electrons. The molecule has 33 heavy (non-hydrogen) atoms. The van der Waals surface area contributed by atoms with E-state index in [9.17, 15) is 17.6 Å². The fraction of sp³-hybridized carbons (Fsp3) is 0.130. The summed E-state index contributed by atoms with van der Waals surface area (Å²) in [6.45, 7) is 1.81.